The molecule has 1 aromatic rings. The molecule has 0 saturated carbocycles. The Kier molecular flexibility index (Phi) is 9.90. The smallest absolute Gasteiger partial charge is 0.310 e. The predicted octanol–water partition coefficient (Wildman–Crippen LogP) is 3.12. The minimum Gasteiger partial charge on any atom is -0.497 e. The maximum atomic E-state index is 11.9. The van der Waals surface area contributed by atoms with Crippen LogP contribution in [0.3, 0.4) is 0 Å². The molecule has 1 aliphatic rings. The van der Waals surface area contributed by atoms with Crippen LogP contribution in [-0.2, 0) is 9.53 Å². The highest BCUT2D eigenvalue weighted by molar-refractivity contribution is 14.0. The predicted molar refractivity (Wildman–Crippen MR) is 119 cm³/mol. The maximum Gasteiger partial charge on any atom is 0.310 e. The van der Waals surface area contributed by atoms with Gasteiger partial charge in [-0.1, -0.05) is 26.0 Å². The summed E-state index contributed by atoms with van der Waals surface area (Å²) < 4.78 is 10.1. The monoisotopic (exact) mass is 489 g/mol. The van der Waals surface area contributed by atoms with Crippen molar-refractivity contribution in [2.75, 3.05) is 40.9 Å². The number of hydrogen-bond donors (Lipinski definition) is 1. The number of guanidine groups is 1. The van der Waals surface area contributed by atoms with E-state index in [0.29, 0.717) is 12.5 Å². The van der Waals surface area contributed by atoms with Gasteiger partial charge in [-0.25, -0.2) is 0 Å². The van der Waals surface area contributed by atoms with Crippen LogP contribution in [0.4, 0.5) is 0 Å². The van der Waals surface area contributed by atoms with Crippen LogP contribution in [0, 0.1) is 11.8 Å². The zero-order valence-corrected chi connectivity index (χ0v) is 19.2. The van der Waals surface area contributed by atoms with Crippen LogP contribution >= 0.6 is 24.0 Å². The number of halogens is 1. The quantitative estimate of drug-likeness (QED) is 0.288. The van der Waals surface area contributed by atoms with E-state index in [1.54, 1.807) is 14.2 Å². The second kappa shape index (κ2) is 11.4. The molecule has 3 unspecified atom stereocenters. The van der Waals surface area contributed by atoms with Gasteiger partial charge in [-0.3, -0.25) is 9.79 Å². The van der Waals surface area contributed by atoms with E-state index in [2.05, 4.69) is 41.2 Å². The summed E-state index contributed by atoms with van der Waals surface area (Å²) in [6, 6.07) is 8.22. The molecule has 3 atom stereocenters. The largest absolute Gasteiger partial charge is 0.497 e. The molecule has 1 fully saturated rings. The number of esters is 1. The average molecular weight is 489 g/mol. The number of ether oxygens (including phenoxy) is 2. The van der Waals surface area contributed by atoms with Gasteiger partial charge >= 0.3 is 5.97 Å². The van der Waals surface area contributed by atoms with E-state index in [0.717, 1.165) is 31.2 Å². The lowest BCUT2D eigenvalue weighted by molar-refractivity contribution is -0.145. The number of nitrogens with one attached hydrogen (secondary N) is 1. The topological polar surface area (TPSA) is 63.2 Å². The molecular formula is C20H32IN3O3. The van der Waals surface area contributed by atoms with E-state index >= 15 is 0 Å². The zero-order valence-electron chi connectivity index (χ0n) is 16.9. The molecule has 0 aromatic heterocycles. The van der Waals surface area contributed by atoms with Crippen LogP contribution in [0.5, 0.6) is 5.75 Å². The van der Waals surface area contributed by atoms with Crippen LogP contribution in [0.25, 0.3) is 0 Å². The molecule has 1 heterocycles. The molecule has 0 bridgehead atoms. The summed E-state index contributed by atoms with van der Waals surface area (Å²) in [6.45, 7) is 6.60. The van der Waals surface area contributed by atoms with E-state index in [1.165, 1.54) is 12.7 Å². The maximum absolute atomic E-state index is 11.9. The lowest BCUT2D eigenvalue weighted by Gasteiger charge is -2.22. The number of methoxy groups -OCH3 is 2. The first-order valence-electron chi connectivity index (χ1n) is 9.17. The Labute approximate surface area is 179 Å². The second-order valence-electron chi connectivity index (χ2n) is 6.95. The third-order valence-electron chi connectivity index (χ3n) is 5.17. The van der Waals surface area contributed by atoms with Gasteiger partial charge in [-0.05, 0) is 36.0 Å². The molecule has 0 amide bonds. The molecule has 1 saturated heterocycles. The fourth-order valence-electron chi connectivity index (χ4n) is 3.43. The second-order valence-corrected chi connectivity index (χ2v) is 6.95. The first-order chi connectivity index (χ1) is 12.5. The van der Waals surface area contributed by atoms with E-state index in [-0.39, 0.29) is 41.8 Å². The summed E-state index contributed by atoms with van der Waals surface area (Å²) in [5.74, 6) is 2.21. The minimum absolute atomic E-state index is 0. The van der Waals surface area contributed by atoms with Crippen molar-refractivity contribution < 1.29 is 14.3 Å². The lowest BCUT2D eigenvalue weighted by Crippen LogP contribution is -2.41. The molecule has 0 spiro atoms. The van der Waals surface area contributed by atoms with Crippen molar-refractivity contribution in [1.82, 2.24) is 10.2 Å². The van der Waals surface area contributed by atoms with Gasteiger partial charge in [0, 0.05) is 26.7 Å². The summed E-state index contributed by atoms with van der Waals surface area (Å²) in [4.78, 5) is 18.4. The number of hydrogen-bond acceptors (Lipinski definition) is 4. The molecule has 0 aliphatic carbocycles. The summed E-state index contributed by atoms with van der Waals surface area (Å²) in [7, 11) is 4.91. The number of nitrogens with zero attached hydrogens (tertiary/aromatic N) is 2. The van der Waals surface area contributed by atoms with E-state index in [1.807, 2.05) is 12.1 Å². The number of aliphatic imine (C=N–C) groups is 1. The van der Waals surface area contributed by atoms with Crippen LogP contribution in [0.15, 0.2) is 29.3 Å². The van der Waals surface area contributed by atoms with Gasteiger partial charge in [0.05, 0.1) is 20.1 Å². The standard InChI is InChI=1S/C20H31N3O3.HI/c1-14(16-6-8-17(25-4)9-7-16)10-11-22-20(21-3)23-12-15(2)18(13-23)19(24)26-5;/h6-9,14-15,18H,10-13H2,1-5H3,(H,21,22);1H. The normalized spacial score (nSPS) is 20.6. The fraction of sp³-hybridized carbons (Fsp3) is 0.600. The first-order valence-corrected chi connectivity index (χ1v) is 9.17. The molecule has 6 nitrogen and oxygen atoms in total. The van der Waals surface area contributed by atoms with Crippen molar-refractivity contribution in [3.8, 4) is 5.75 Å². The zero-order chi connectivity index (χ0) is 19.1. The van der Waals surface area contributed by atoms with Crippen molar-refractivity contribution in [2.45, 2.75) is 26.2 Å². The lowest BCUT2D eigenvalue weighted by atomic mass is 9.98. The van der Waals surface area contributed by atoms with Gasteiger partial charge in [-0.2, -0.15) is 0 Å². The molecule has 2 rings (SSSR count). The van der Waals surface area contributed by atoms with E-state index in [4.69, 9.17) is 9.47 Å². The number of carbonyl (C=O) groups is 1. The van der Waals surface area contributed by atoms with E-state index < -0.39 is 0 Å². The summed E-state index contributed by atoms with van der Waals surface area (Å²) in [5, 5.41) is 3.43. The molecule has 0 radical (unpaired) electrons. The highest BCUT2D eigenvalue weighted by atomic mass is 127. The van der Waals surface area contributed by atoms with Crippen molar-refractivity contribution in [3.63, 3.8) is 0 Å². The summed E-state index contributed by atoms with van der Waals surface area (Å²) in [5.41, 5.74) is 1.29. The Bertz CT molecular complexity index is 621. The molecule has 1 aliphatic heterocycles. The van der Waals surface area contributed by atoms with Crippen molar-refractivity contribution in [1.29, 1.82) is 0 Å². The van der Waals surface area contributed by atoms with E-state index in [9.17, 15) is 4.79 Å². The third-order valence-corrected chi connectivity index (χ3v) is 5.17. The van der Waals surface area contributed by atoms with Gasteiger partial charge in [0.2, 0.25) is 0 Å². The molecule has 27 heavy (non-hydrogen) atoms. The molecule has 152 valence electrons. The van der Waals surface area contributed by atoms with Gasteiger partial charge in [0.15, 0.2) is 5.96 Å². The van der Waals surface area contributed by atoms with Crippen LogP contribution < -0.4 is 10.1 Å². The molecular weight excluding hydrogens is 457 g/mol. The number of benzene rings is 1. The van der Waals surface area contributed by atoms with Crippen molar-refractivity contribution in [2.24, 2.45) is 16.8 Å². The highest BCUT2D eigenvalue weighted by Crippen LogP contribution is 2.24. The number of carbonyl (C=O) groups excluding carboxylic acids is 1. The SMILES string of the molecule is CN=C(NCCC(C)c1ccc(OC)cc1)N1CC(C)C(C(=O)OC)C1.I. The fourth-order valence-corrected chi connectivity index (χ4v) is 3.43. The van der Waals surface area contributed by atoms with Gasteiger partial charge in [0.1, 0.15) is 5.75 Å². The van der Waals surface area contributed by atoms with Crippen LogP contribution in [0.2, 0.25) is 0 Å². The number of likely N-dealkylation sites (tertiary alicyclic amines) is 1. The summed E-state index contributed by atoms with van der Waals surface area (Å²) in [6.07, 6.45) is 0.995. The van der Waals surface area contributed by atoms with Gasteiger partial charge in [0.25, 0.3) is 0 Å². The van der Waals surface area contributed by atoms with Crippen molar-refractivity contribution >= 4 is 35.9 Å². The Balaban J connectivity index is 0.00000364. The van der Waals surface area contributed by atoms with Crippen molar-refractivity contribution in [3.05, 3.63) is 29.8 Å². The summed E-state index contributed by atoms with van der Waals surface area (Å²) >= 11 is 0. The van der Waals surface area contributed by atoms with Gasteiger partial charge in [-0.15, -0.1) is 24.0 Å². The third kappa shape index (κ3) is 6.26. The number of rotatable bonds is 6. The molecule has 7 heteroatoms. The average Bonchev–Trinajstić information content (AvgIpc) is 3.05. The van der Waals surface area contributed by atoms with Crippen LogP contribution in [-0.4, -0.2) is 57.7 Å². The molecule has 1 N–H and O–H groups in total. The molecule has 1 aromatic carbocycles. The Morgan fingerprint density at radius 1 is 1.30 bits per heavy atom. The first kappa shape index (κ1) is 23.5. The minimum atomic E-state index is -0.136. The highest BCUT2D eigenvalue weighted by Gasteiger charge is 2.36. The Hall–Kier alpha value is -1.51. The Morgan fingerprint density at radius 2 is 1.96 bits per heavy atom. The Morgan fingerprint density at radius 3 is 2.52 bits per heavy atom. The van der Waals surface area contributed by atoms with Crippen LogP contribution in [0.1, 0.15) is 31.7 Å². The van der Waals surface area contributed by atoms with Gasteiger partial charge < -0.3 is 19.7 Å².